The first kappa shape index (κ1) is 15.9. The van der Waals surface area contributed by atoms with E-state index in [9.17, 15) is 9.90 Å². The lowest BCUT2D eigenvalue weighted by Gasteiger charge is -2.25. The van der Waals surface area contributed by atoms with E-state index in [4.69, 9.17) is 0 Å². The molecule has 3 N–H and O–H groups in total. The Morgan fingerprint density at radius 2 is 2.05 bits per heavy atom. The van der Waals surface area contributed by atoms with E-state index in [-0.39, 0.29) is 12.6 Å². The van der Waals surface area contributed by atoms with Gasteiger partial charge in [0.15, 0.2) is 0 Å². The summed E-state index contributed by atoms with van der Waals surface area (Å²) in [6.45, 7) is 6.55. The molecule has 0 saturated carbocycles. The summed E-state index contributed by atoms with van der Waals surface area (Å²) in [4.78, 5) is 16.0. The van der Waals surface area contributed by atoms with E-state index in [0.717, 1.165) is 17.1 Å². The minimum absolute atomic E-state index is 0.267. The number of carbonyl (C=O) groups is 1. The van der Waals surface area contributed by atoms with Crippen LogP contribution in [0.2, 0.25) is 0 Å². The highest BCUT2D eigenvalue weighted by Crippen LogP contribution is 2.12. The van der Waals surface area contributed by atoms with Crippen molar-refractivity contribution in [1.82, 2.24) is 15.6 Å². The van der Waals surface area contributed by atoms with Gasteiger partial charge in [-0.1, -0.05) is 20.8 Å². The number of aliphatic hydroxyl groups is 1. The van der Waals surface area contributed by atoms with E-state index in [0.29, 0.717) is 19.4 Å². The molecule has 0 aliphatic rings. The van der Waals surface area contributed by atoms with Gasteiger partial charge in [-0.15, -0.1) is 11.3 Å². The average molecular weight is 285 g/mol. The van der Waals surface area contributed by atoms with Gasteiger partial charge in [0.05, 0.1) is 22.8 Å². The van der Waals surface area contributed by atoms with Crippen molar-refractivity contribution in [2.45, 2.75) is 52.2 Å². The molecule has 0 aliphatic carbocycles. The van der Waals surface area contributed by atoms with E-state index in [1.54, 1.807) is 11.3 Å². The number of amides is 2. The van der Waals surface area contributed by atoms with Gasteiger partial charge in [-0.05, 0) is 19.3 Å². The Kier molecular flexibility index (Phi) is 6.24. The van der Waals surface area contributed by atoms with Crippen LogP contribution in [0.25, 0.3) is 0 Å². The molecule has 0 spiro atoms. The average Bonchev–Trinajstić information content (AvgIpc) is 2.90. The van der Waals surface area contributed by atoms with Gasteiger partial charge in [-0.3, -0.25) is 0 Å². The van der Waals surface area contributed by atoms with Gasteiger partial charge >= 0.3 is 6.03 Å². The largest absolute Gasteiger partial charge is 0.388 e. The molecule has 2 amide bonds. The predicted octanol–water partition coefficient (Wildman–Crippen LogP) is 2.06. The number of hydrogen-bond acceptors (Lipinski definition) is 4. The van der Waals surface area contributed by atoms with Crippen LogP contribution in [0.4, 0.5) is 4.79 Å². The molecule has 108 valence electrons. The van der Waals surface area contributed by atoms with Gasteiger partial charge in [0.1, 0.15) is 0 Å². The van der Waals surface area contributed by atoms with Crippen molar-refractivity contribution < 1.29 is 9.90 Å². The molecule has 0 bridgehead atoms. The molecule has 0 saturated heterocycles. The smallest absolute Gasteiger partial charge is 0.315 e. The summed E-state index contributed by atoms with van der Waals surface area (Å²) < 4.78 is 0. The summed E-state index contributed by atoms with van der Waals surface area (Å²) in [7, 11) is 0. The van der Waals surface area contributed by atoms with E-state index in [2.05, 4.69) is 22.5 Å². The van der Waals surface area contributed by atoms with Crippen molar-refractivity contribution in [3.8, 4) is 0 Å². The second-order valence-electron chi connectivity index (χ2n) is 4.55. The number of aryl methyl sites for hydroxylation is 1. The maximum absolute atomic E-state index is 11.6. The van der Waals surface area contributed by atoms with Crippen molar-refractivity contribution >= 4 is 17.4 Å². The van der Waals surface area contributed by atoms with Crippen LogP contribution in [-0.4, -0.2) is 28.3 Å². The number of carbonyl (C=O) groups excluding carboxylic acids is 1. The fourth-order valence-corrected chi connectivity index (χ4v) is 2.32. The van der Waals surface area contributed by atoms with Crippen molar-refractivity contribution in [2.24, 2.45) is 0 Å². The Bertz CT molecular complexity index is 402. The molecular weight excluding hydrogens is 262 g/mol. The maximum Gasteiger partial charge on any atom is 0.315 e. The first-order chi connectivity index (χ1) is 9.03. The molecule has 19 heavy (non-hydrogen) atoms. The first-order valence-corrected chi connectivity index (χ1v) is 7.58. The third kappa shape index (κ3) is 5.16. The fourth-order valence-electron chi connectivity index (χ4n) is 1.57. The van der Waals surface area contributed by atoms with Gasteiger partial charge in [0, 0.05) is 11.9 Å². The molecule has 0 aromatic carbocycles. The van der Waals surface area contributed by atoms with E-state index in [1.165, 1.54) is 0 Å². The molecule has 1 aromatic rings. The number of aromatic nitrogens is 1. The van der Waals surface area contributed by atoms with Crippen molar-refractivity contribution in [3.63, 3.8) is 0 Å². The second-order valence-corrected chi connectivity index (χ2v) is 5.50. The first-order valence-electron chi connectivity index (χ1n) is 6.70. The number of urea groups is 1. The minimum Gasteiger partial charge on any atom is -0.388 e. The van der Waals surface area contributed by atoms with Gasteiger partial charge in [-0.2, -0.15) is 0 Å². The van der Waals surface area contributed by atoms with Crippen LogP contribution in [0, 0.1) is 0 Å². The summed E-state index contributed by atoms with van der Waals surface area (Å²) >= 11 is 1.60. The topological polar surface area (TPSA) is 74.2 Å². The van der Waals surface area contributed by atoms with Crippen molar-refractivity contribution in [3.05, 3.63) is 16.1 Å². The molecule has 0 radical (unpaired) electrons. The predicted molar refractivity (Wildman–Crippen MR) is 77.3 cm³/mol. The number of rotatable bonds is 7. The van der Waals surface area contributed by atoms with Gasteiger partial charge in [-0.25, -0.2) is 9.78 Å². The SMILES string of the molecule is CCc1nc(CNC(=O)NCC(O)(CC)CC)cs1. The van der Waals surface area contributed by atoms with Crippen LogP contribution in [0.5, 0.6) is 0 Å². The summed E-state index contributed by atoms with van der Waals surface area (Å²) in [5, 5.41) is 18.5. The molecule has 0 fully saturated rings. The van der Waals surface area contributed by atoms with Gasteiger partial charge < -0.3 is 15.7 Å². The van der Waals surface area contributed by atoms with Gasteiger partial charge in [0.2, 0.25) is 0 Å². The maximum atomic E-state index is 11.6. The molecule has 5 nitrogen and oxygen atoms in total. The summed E-state index contributed by atoms with van der Waals surface area (Å²) in [6.07, 6.45) is 2.16. The third-order valence-corrected chi connectivity index (χ3v) is 4.27. The van der Waals surface area contributed by atoms with Crippen LogP contribution >= 0.6 is 11.3 Å². The van der Waals surface area contributed by atoms with Crippen LogP contribution in [-0.2, 0) is 13.0 Å². The van der Waals surface area contributed by atoms with Crippen LogP contribution in [0.15, 0.2) is 5.38 Å². The zero-order chi connectivity index (χ0) is 14.3. The Hall–Kier alpha value is -1.14. The quantitative estimate of drug-likeness (QED) is 0.718. The highest BCUT2D eigenvalue weighted by Gasteiger charge is 2.22. The fraction of sp³-hybridized carbons (Fsp3) is 0.692. The Labute approximate surface area is 118 Å². The highest BCUT2D eigenvalue weighted by molar-refractivity contribution is 7.09. The molecular formula is C13H23N3O2S. The molecule has 1 heterocycles. The van der Waals surface area contributed by atoms with Crippen molar-refractivity contribution in [1.29, 1.82) is 0 Å². The number of nitrogens with zero attached hydrogens (tertiary/aromatic N) is 1. The van der Waals surface area contributed by atoms with Gasteiger partial charge in [0.25, 0.3) is 0 Å². The third-order valence-electron chi connectivity index (χ3n) is 3.23. The lowest BCUT2D eigenvalue weighted by Crippen LogP contribution is -2.45. The molecule has 0 unspecified atom stereocenters. The van der Waals surface area contributed by atoms with Crippen LogP contribution < -0.4 is 10.6 Å². The Morgan fingerprint density at radius 3 is 2.58 bits per heavy atom. The van der Waals surface area contributed by atoms with Crippen molar-refractivity contribution in [2.75, 3.05) is 6.54 Å². The van der Waals surface area contributed by atoms with Crippen LogP contribution in [0.3, 0.4) is 0 Å². The highest BCUT2D eigenvalue weighted by atomic mass is 32.1. The number of nitrogens with one attached hydrogen (secondary N) is 2. The lowest BCUT2D eigenvalue weighted by molar-refractivity contribution is 0.0349. The zero-order valence-corrected chi connectivity index (χ0v) is 12.6. The molecule has 1 aromatic heterocycles. The molecule has 1 rings (SSSR count). The van der Waals surface area contributed by atoms with E-state index >= 15 is 0 Å². The summed E-state index contributed by atoms with van der Waals surface area (Å²) in [5.41, 5.74) is 0.0612. The number of thiazole rings is 1. The molecule has 0 aliphatic heterocycles. The monoisotopic (exact) mass is 285 g/mol. The minimum atomic E-state index is -0.812. The Morgan fingerprint density at radius 1 is 1.37 bits per heavy atom. The standard InChI is InChI=1S/C13H23N3O2S/c1-4-11-16-10(8-19-11)7-14-12(17)15-9-13(18,5-2)6-3/h8,18H,4-7,9H2,1-3H3,(H2,14,15,17). The number of hydrogen-bond donors (Lipinski definition) is 3. The molecule has 0 atom stereocenters. The summed E-state index contributed by atoms with van der Waals surface area (Å²) in [6, 6.07) is -0.272. The van der Waals surface area contributed by atoms with E-state index in [1.807, 2.05) is 19.2 Å². The molecule has 6 heteroatoms. The second kappa shape index (κ2) is 7.45. The Balaban J connectivity index is 2.32. The lowest BCUT2D eigenvalue weighted by atomic mass is 9.98. The zero-order valence-electron chi connectivity index (χ0n) is 11.8. The van der Waals surface area contributed by atoms with Crippen LogP contribution in [0.1, 0.15) is 44.3 Å². The van der Waals surface area contributed by atoms with E-state index < -0.39 is 5.60 Å². The normalized spacial score (nSPS) is 11.4. The summed E-state index contributed by atoms with van der Waals surface area (Å²) in [5.74, 6) is 0.